The molecule has 0 aliphatic carbocycles. The van der Waals surface area contributed by atoms with Crippen LogP contribution in [-0.4, -0.2) is 35.6 Å². The molecule has 1 saturated heterocycles. The molecule has 0 saturated carbocycles. The minimum Gasteiger partial charge on any atom is -0.420 e. The third kappa shape index (κ3) is 4.46. The summed E-state index contributed by atoms with van der Waals surface area (Å²) in [7, 11) is 0. The predicted octanol–water partition coefficient (Wildman–Crippen LogP) is 3.75. The van der Waals surface area contributed by atoms with Crippen molar-refractivity contribution in [2.75, 3.05) is 25.0 Å². The van der Waals surface area contributed by atoms with Gasteiger partial charge in [0.05, 0.1) is 0 Å². The molecule has 3 rings (SSSR count). The average molecular weight is 340 g/mol. The van der Waals surface area contributed by atoms with Gasteiger partial charge in [-0.25, -0.2) is 4.39 Å². The monoisotopic (exact) mass is 340 g/mol. The second-order valence-electron chi connectivity index (χ2n) is 6.20. The van der Waals surface area contributed by atoms with Crippen LogP contribution in [0.15, 0.2) is 28.7 Å². The highest BCUT2D eigenvalue weighted by Crippen LogP contribution is 2.19. The number of aromatic nitrogens is 1. The van der Waals surface area contributed by atoms with Crippen LogP contribution < -0.4 is 5.32 Å². The van der Waals surface area contributed by atoms with Crippen LogP contribution in [0.4, 0.5) is 10.3 Å². The smallest absolute Gasteiger partial charge is 0.232 e. The number of halogens is 1. The average Bonchev–Trinajstić information content (AvgIpc) is 3.29. The number of nitrogens with one attached hydrogen (secondary N) is 1. The van der Waals surface area contributed by atoms with Crippen molar-refractivity contribution >= 4 is 18.0 Å². The summed E-state index contributed by atoms with van der Waals surface area (Å²) in [5.74, 6) is 0.461. The first-order valence-electron chi connectivity index (χ1n) is 8.48. The third-order valence-electron chi connectivity index (χ3n) is 4.36. The highest BCUT2D eigenvalue weighted by molar-refractivity contribution is 5.67. The molecule has 1 aliphatic rings. The molecule has 0 radical (unpaired) electrons. The molecule has 0 spiro atoms. The first-order valence-corrected chi connectivity index (χ1v) is 8.48. The number of benzene rings is 1. The Morgan fingerprint density at radius 3 is 2.72 bits per heavy atom. The van der Waals surface area contributed by atoms with Crippen molar-refractivity contribution in [3.63, 3.8) is 0 Å². The van der Waals surface area contributed by atoms with E-state index >= 15 is 0 Å². The molecule has 0 amide bonds. The molecule has 1 aromatic carbocycles. The van der Waals surface area contributed by atoms with Crippen LogP contribution in [0.1, 0.15) is 36.9 Å². The highest BCUT2D eigenvalue weighted by atomic mass is 19.1. The zero-order valence-corrected chi connectivity index (χ0v) is 14.2. The largest absolute Gasteiger partial charge is 0.420 e. The van der Waals surface area contributed by atoms with Crippen LogP contribution >= 0.6 is 0 Å². The maximum Gasteiger partial charge on any atom is 0.232 e. The summed E-state index contributed by atoms with van der Waals surface area (Å²) in [5, 5.41) is 12.4. The number of anilines is 1. The molecule has 0 bridgehead atoms. The summed E-state index contributed by atoms with van der Waals surface area (Å²) < 4.78 is 18.6. The molecule has 2 heterocycles. The SMILES string of the molecule is CC(CNc1oc(C=Cc2ccc(F)cc2)nc1C#N)N1CCCC1. The Labute approximate surface area is 146 Å². The summed E-state index contributed by atoms with van der Waals surface area (Å²) >= 11 is 0. The van der Waals surface area contributed by atoms with E-state index in [1.165, 1.54) is 25.0 Å². The van der Waals surface area contributed by atoms with Crippen LogP contribution in [0.2, 0.25) is 0 Å². The molecule has 25 heavy (non-hydrogen) atoms. The Kier molecular flexibility index (Phi) is 5.46. The number of hydrogen-bond donors (Lipinski definition) is 1. The lowest BCUT2D eigenvalue weighted by atomic mass is 10.2. The Bertz CT molecular complexity index is 770. The molecule has 130 valence electrons. The van der Waals surface area contributed by atoms with Crippen molar-refractivity contribution in [3.05, 3.63) is 47.2 Å². The van der Waals surface area contributed by atoms with Crippen LogP contribution in [0, 0.1) is 17.1 Å². The Hall–Kier alpha value is -2.65. The standard InChI is InChI=1S/C19H21FN4O/c1-14(24-10-2-3-11-24)13-22-19-17(12-21)23-18(25-19)9-6-15-4-7-16(20)8-5-15/h4-9,14,22H,2-3,10-11,13H2,1H3. The van der Waals surface area contributed by atoms with Gasteiger partial charge in [-0.15, -0.1) is 0 Å². The predicted molar refractivity (Wildman–Crippen MR) is 95.3 cm³/mol. The summed E-state index contributed by atoms with van der Waals surface area (Å²) in [4.78, 5) is 6.59. The van der Waals surface area contributed by atoms with E-state index in [0.29, 0.717) is 24.4 Å². The molecule has 1 N–H and O–H groups in total. The highest BCUT2D eigenvalue weighted by Gasteiger charge is 2.19. The fourth-order valence-corrected chi connectivity index (χ4v) is 2.90. The van der Waals surface area contributed by atoms with Gasteiger partial charge in [-0.05, 0) is 56.6 Å². The molecule has 1 fully saturated rings. The lowest BCUT2D eigenvalue weighted by Crippen LogP contribution is -2.35. The first-order chi connectivity index (χ1) is 12.2. The van der Waals surface area contributed by atoms with Gasteiger partial charge in [0.25, 0.3) is 0 Å². The number of likely N-dealkylation sites (tertiary alicyclic amines) is 1. The Morgan fingerprint density at radius 2 is 2.04 bits per heavy atom. The van der Waals surface area contributed by atoms with Gasteiger partial charge < -0.3 is 9.73 Å². The number of nitrogens with zero attached hydrogens (tertiary/aromatic N) is 3. The van der Waals surface area contributed by atoms with Gasteiger partial charge in [-0.2, -0.15) is 10.2 Å². The van der Waals surface area contributed by atoms with E-state index in [-0.39, 0.29) is 11.5 Å². The van der Waals surface area contributed by atoms with Crippen molar-refractivity contribution in [2.24, 2.45) is 0 Å². The van der Waals surface area contributed by atoms with Crippen molar-refractivity contribution in [1.29, 1.82) is 5.26 Å². The van der Waals surface area contributed by atoms with E-state index in [4.69, 9.17) is 4.42 Å². The van der Waals surface area contributed by atoms with Crippen LogP contribution in [0.5, 0.6) is 0 Å². The third-order valence-corrected chi connectivity index (χ3v) is 4.36. The maximum atomic E-state index is 12.9. The molecule has 1 atom stereocenters. The second-order valence-corrected chi connectivity index (χ2v) is 6.20. The van der Waals surface area contributed by atoms with Crippen molar-refractivity contribution in [3.8, 4) is 6.07 Å². The van der Waals surface area contributed by atoms with Gasteiger partial charge in [0.1, 0.15) is 11.9 Å². The summed E-state index contributed by atoms with van der Waals surface area (Å²) in [5.41, 5.74) is 1.07. The Balaban J connectivity index is 1.64. The van der Waals surface area contributed by atoms with Gasteiger partial charge in [0, 0.05) is 18.7 Å². The van der Waals surface area contributed by atoms with Gasteiger partial charge in [0.2, 0.25) is 17.5 Å². The maximum absolute atomic E-state index is 12.9. The number of hydrogen-bond acceptors (Lipinski definition) is 5. The molecule has 5 nitrogen and oxygen atoms in total. The summed E-state index contributed by atoms with van der Waals surface area (Å²) in [6.45, 7) is 5.10. The molecule has 1 aliphatic heterocycles. The summed E-state index contributed by atoms with van der Waals surface area (Å²) in [6, 6.07) is 8.53. The van der Waals surface area contributed by atoms with Crippen LogP contribution in [0.3, 0.4) is 0 Å². The fourth-order valence-electron chi connectivity index (χ4n) is 2.90. The van der Waals surface area contributed by atoms with Gasteiger partial charge in [-0.3, -0.25) is 4.90 Å². The lowest BCUT2D eigenvalue weighted by molar-refractivity contribution is 0.268. The van der Waals surface area contributed by atoms with E-state index in [0.717, 1.165) is 18.7 Å². The zero-order chi connectivity index (χ0) is 17.6. The number of rotatable bonds is 6. The van der Waals surface area contributed by atoms with E-state index in [9.17, 15) is 9.65 Å². The van der Waals surface area contributed by atoms with Crippen LogP contribution in [-0.2, 0) is 0 Å². The van der Waals surface area contributed by atoms with Crippen molar-refractivity contribution in [1.82, 2.24) is 9.88 Å². The molecule has 6 heteroatoms. The molecular weight excluding hydrogens is 319 g/mol. The van der Waals surface area contributed by atoms with Crippen LogP contribution in [0.25, 0.3) is 12.2 Å². The molecule has 1 unspecified atom stereocenters. The Morgan fingerprint density at radius 1 is 1.32 bits per heavy atom. The van der Waals surface area contributed by atoms with E-state index in [1.54, 1.807) is 24.3 Å². The number of oxazole rings is 1. The van der Waals surface area contributed by atoms with E-state index in [2.05, 4.69) is 28.2 Å². The minimum atomic E-state index is -0.279. The van der Waals surface area contributed by atoms with Crippen molar-refractivity contribution in [2.45, 2.75) is 25.8 Å². The molecule has 2 aromatic rings. The topological polar surface area (TPSA) is 65.1 Å². The lowest BCUT2D eigenvalue weighted by Gasteiger charge is -2.23. The van der Waals surface area contributed by atoms with Gasteiger partial charge >= 0.3 is 0 Å². The van der Waals surface area contributed by atoms with Gasteiger partial charge in [-0.1, -0.05) is 12.1 Å². The van der Waals surface area contributed by atoms with Gasteiger partial charge in [0.15, 0.2) is 0 Å². The minimum absolute atomic E-state index is 0.243. The zero-order valence-electron chi connectivity index (χ0n) is 14.2. The second kappa shape index (κ2) is 7.95. The summed E-state index contributed by atoms with van der Waals surface area (Å²) in [6.07, 6.45) is 5.93. The number of nitriles is 1. The fraction of sp³-hybridized carbons (Fsp3) is 0.368. The molecule has 1 aromatic heterocycles. The van der Waals surface area contributed by atoms with E-state index in [1.807, 2.05) is 0 Å². The normalized spacial score (nSPS) is 16.2. The van der Waals surface area contributed by atoms with Crippen molar-refractivity contribution < 1.29 is 8.81 Å². The van der Waals surface area contributed by atoms with E-state index < -0.39 is 0 Å². The quantitative estimate of drug-likeness (QED) is 0.867. The first kappa shape index (κ1) is 17.2. The molecular formula is C19H21FN4O.